The number of aromatic nitrogens is 5. The van der Waals surface area contributed by atoms with Crippen LogP contribution in [0.1, 0.15) is 24.4 Å². The van der Waals surface area contributed by atoms with E-state index in [0.29, 0.717) is 23.6 Å². The fourth-order valence-electron chi connectivity index (χ4n) is 5.12. The largest absolute Gasteiger partial charge is 0.573 e. The molecule has 11 heteroatoms. The summed E-state index contributed by atoms with van der Waals surface area (Å²) in [7, 11) is 1.70. The first kappa shape index (κ1) is 22.4. The van der Waals surface area contributed by atoms with Gasteiger partial charge in [-0.25, -0.2) is 14.6 Å². The van der Waals surface area contributed by atoms with Crippen molar-refractivity contribution in [3.8, 4) is 17.5 Å². The lowest BCUT2D eigenvalue weighted by molar-refractivity contribution is -0.274. The third kappa shape index (κ3) is 4.92. The molecule has 180 valence electrons. The Morgan fingerprint density at radius 1 is 1.06 bits per heavy atom. The number of benzene rings is 1. The van der Waals surface area contributed by atoms with Crippen LogP contribution in [0.5, 0.6) is 17.5 Å². The molecule has 34 heavy (non-hydrogen) atoms. The van der Waals surface area contributed by atoms with Gasteiger partial charge >= 0.3 is 12.4 Å². The van der Waals surface area contributed by atoms with Crippen molar-refractivity contribution in [2.24, 2.45) is 24.8 Å². The van der Waals surface area contributed by atoms with E-state index in [0.717, 1.165) is 43.9 Å². The third-order valence-corrected chi connectivity index (χ3v) is 6.58. The Morgan fingerprint density at radius 3 is 2.50 bits per heavy atom. The summed E-state index contributed by atoms with van der Waals surface area (Å²) in [4.78, 5) is 15.5. The highest BCUT2D eigenvalue weighted by Gasteiger charge is 2.42. The van der Waals surface area contributed by atoms with Gasteiger partial charge in [0.1, 0.15) is 23.6 Å². The Labute approximate surface area is 194 Å². The summed E-state index contributed by atoms with van der Waals surface area (Å²) < 4.78 is 48.7. The number of alkyl halides is 3. The predicted octanol–water partition coefficient (Wildman–Crippen LogP) is 4.31. The van der Waals surface area contributed by atoms with Crippen LogP contribution in [0.15, 0.2) is 36.7 Å². The number of rotatable bonds is 6. The monoisotopic (exact) mass is 474 g/mol. The Balaban J connectivity index is 1.25. The number of halogens is 3. The Kier molecular flexibility index (Phi) is 5.78. The summed E-state index contributed by atoms with van der Waals surface area (Å²) in [6, 6.07) is 7.61. The third-order valence-electron chi connectivity index (χ3n) is 6.58. The quantitative estimate of drug-likeness (QED) is 0.527. The second-order valence-electron chi connectivity index (χ2n) is 8.95. The SMILES string of the molecule is Cc1cc(N2CC3CCC(C2)C3Cc2nc(Oc3cccc(OC(F)(F)F)c3)n(C)n2)ncn1. The molecule has 2 unspecified atom stereocenters. The van der Waals surface area contributed by atoms with Crippen LogP contribution in [0.4, 0.5) is 19.0 Å². The summed E-state index contributed by atoms with van der Waals surface area (Å²) in [6.45, 7) is 3.86. The van der Waals surface area contributed by atoms with Gasteiger partial charge < -0.3 is 14.4 Å². The first-order chi connectivity index (χ1) is 16.2. The molecule has 8 nitrogen and oxygen atoms in total. The van der Waals surface area contributed by atoms with Crippen molar-refractivity contribution < 1.29 is 22.6 Å². The van der Waals surface area contributed by atoms with E-state index >= 15 is 0 Å². The zero-order valence-electron chi connectivity index (χ0n) is 18.9. The average molecular weight is 474 g/mol. The van der Waals surface area contributed by atoms with Crippen molar-refractivity contribution in [1.29, 1.82) is 0 Å². The number of hydrogen-bond acceptors (Lipinski definition) is 7. The van der Waals surface area contributed by atoms with Gasteiger partial charge in [0.2, 0.25) is 0 Å². The molecule has 2 bridgehead atoms. The summed E-state index contributed by atoms with van der Waals surface area (Å²) in [5, 5.41) is 4.50. The zero-order valence-corrected chi connectivity index (χ0v) is 18.9. The topological polar surface area (TPSA) is 78.2 Å². The fourth-order valence-corrected chi connectivity index (χ4v) is 5.12. The number of hydrogen-bond donors (Lipinski definition) is 0. The average Bonchev–Trinajstić information content (AvgIpc) is 3.20. The van der Waals surface area contributed by atoms with Gasteiger partial charge in [-0.15, -0.1) is 13.2 Å². The van der Waals surface area contributed by atoms with E-state index in [1.165, 1.54) is 22.9 Å². The first-order valence-corrected chi connectivity index (χ1v) is 11.2. The maximum Gasteiger partial charge on any atom is 0.573 e. The minimum Gasteiger partial charge on any atom is -0.424 e. The molecule has 1 aliphatic heterocycles. The normalized spacial score (nSPS) is 22.1. The Bertz CT molecular complexity index is 1150. The summed E-state index contributed by atoms with van der Waals surface area (Å²) >= 11 is 0. The Morgan fingerprint density at radius 2 is 1.79 bits per heavy atom. The smallest absolute Gasteiger partial charge is 0.424 e. The standard InChI is InChI=1S/C23H25F3N6O2/c1-14-8-21(28-13-27-14)32-11-15-6-7-16(12-32)19(15)10-20-29-22(31(2)30-20)33-17-4-3-5-18(9-17)34-23(24,25)26/h3-5,8-9,13,15-16,19H,6-7,10-12H2,1-2H3. The zero-order chi connectivity index (χ0) is 23.9. The molecule has 1 aliphatic carbocycles. The number of fused-ring (bicyclic) bond motifs is 2. The predicted molar refractivity (Wildman–Crippen MR) is 117 cm³/mol. The van der Waals surface area contributed by atoms with Gasteiger partial charge in [-0.05, 0) is 49.7 Å². The highest BCUT2D eigenvalue weighted by Crippen LogP contribution is 2.44. The van der Waals surface area contributed by atoms with E-state index < -0.39 is 6.36 Å². The van der Waals surface area contributed by atoms with Crippen LogP contribution in [0, 0.1) is 24.7 Å². The van der Waals surface area contributed by atoms with E-state index in [2.05, 4.69) is 29.7 Å². The molecule has 3 aromatic rings. The molecule has 3 heterocycles. The van der Waals surface area contributed by atoms with Gasteiger partial charge in [0, 0.05) is 44.4 Å². The highest BCUT2D eigenvalue weighted by atomic mass is 19.4. The fraction of sp³-hybridized carbons (Fsp3) is 0.478. The van der Waals surface area contributed by atoms with Crippen molar-refractivity contribution in [1.82, 2.24) is 24.7 Å². The van der Waals surface area contributed by atoms with Gasteiger partial charge in [0.05, 0.1) is 0 Å². The van der Waals surface area contributed by atoms with Crippen LogP contribution in [-0.4, -0.2) is 44.2 Å². The molecular weight excluding hydrogens is 449 g/mol. The van der Waals surface area contributed by atoms with E-state index in [1.807, 2.05) is 13.0 Å². The lowest BCUT2D eigenvalue weighted by Crippen LogP contribution is -2.43. The molecule has 0 N–H and O–H groups in total. The van der Waals surface area contributed by atoms with Crippen LogP contribution in [0.2, 0.25) is 0 Å². The van der Waals surface area contributed by atoms with E-state index in [1.54, 1.807) is 19.4 Å². The van der Waals surface area contributed by atoms with Crippen LogP contribution < -0.4 is 14.4 Å². The number of aryl methyl sites for hydroxylation is 2. The van der Waals surface area contributed by atoms with Gasteiger partial charge in [-0.1, -0.05) is 6.07 Å². The Hall–Kier alpha value is -3.37. The first-order valence-electron chi connectivity index (χ1n) is 11.2. The van der Waals surface area contributed by atoms with Gasteiger partial charge in [0.15, 0.2) is 5.82 Å². The molecule has 0 spiro atoms. The molecule has 2 aliphatic rings. The molecule has 2 aromatic heterocycles. The number of nitrogens with zero attached hydrogens (tertiary/aromatic N) is 6. The molecule has 1 saturated carbocycles. The maximum absolute atomic E-state index is 12.5. The molecule has 0 radical (unpaired) electrons. The second-order valence-corrected chi connectivity index (χ2v) is 8.95. The van der Waals surface area contributed by atoms with Gasteiger partial charge in [-0.2, -0.15) is 10.1 Å². The molecule has 2 fully saturated rings. The summed E-state index contributed by atoms with van der Waals surface area (Å²) in [6.07, 6.45) is -0.0860. The van der Waals surface area contributed by atoms with E-state index in [-0.39, 0.29) is 17.5 Å². The molecule has 1 saturated heterocycles. The van der Waals surface area contributed by atoms with Crippen molar-refractivity contribution in [2.45, 2.75) is 32.5 Å². The lowest BCUT2D eigenvalue weighted by Gasteiger charge is -2.38. The molecule has 5 rings (SSSR count). The minimum absolute atomic E-state index is 0.192. The van der Waals surface area contributed by atoms with Crippen molar-refractivity contribution in [3.63, 3.8) is 0 Å². The molecule has 2 atom stereocenters. The van der Waals surface area contributed by atoms with Gasteiger partial charge in [-0.3, -0.25) is 0 Å². The molecular formula is C23H25F3N6O2. The van der Waals surface area contributed by atoms with Crippen molar-refractivity contribution >= 4 is 5.82 Å². The van der Waals surface area contributed by atoms with Crippen LogP contribution in [0.3, 0.4) is 0 Å². The van der Waals surface area contributed by atoms with E-state index in [4.69, 9.17) is 4.74 Å². The second kappa shape index (κ2) is 8.77. The maximum atomic E-state index is 12.5. The molecule has 1 aromatic carbocycles. The van der Waals surface area contributed by atoms with E-state index in [9.17, 15) is 13.2 Å². The summed E-state index contributed by atoms with van der Waals surface area (Å²) in [5.74, 6) is 3.02. The molecule has 0 amide bonds. The number of ether oxygens (including phenoxy) is 2. The van der Waals surface area contributed by atoms with Crippen molar-refractivity contribution in [3.05, 3.63) is 48.2 Å². The summed E-state index contributed by atoms with van der Waals surface area (Å²) in [5.41, 5.74) is 0.959. The number of anilines is 1. The van der Waals surface area contributed by atoms with Crippen LogP contribution >= 0.6 is 0 Å². The van der Waals surface area contributed by atoms with Crippen molar-refractivity contribution in [2.75, 3.05) is 18.0 Å². The van der Waals surface area contributed by atoms with Crippen LogP contribution in [-0.2, 0) is 13.5 Å². The number of piperidine rings is 1. The minimum atomic E-state index is -4.77. The van der Waals surface area contributed by atoms with Gasteiger partial charge in [0.25, 0.3) is 0 Å². The van der Waals surface area contributed by atoms with Crippen LogP contribution in [0.25, 0.3) is 0 Å². The lowest BCUT2D eigenvalue weighted by atomic mass is 9.82. The highest BCUT2D eigenvalue weighted by molar-refractivity contribution is 5.40.